The highest BCUT2D eigenvalue weighted by Crippen LogP contribution is 2.19. The molecule has 0 saturated carbocycles. The number of benzene rings is 2. The molecule has 1 atom stereocenters. The number of anilines is 1. The zero-order chi connectivity index (χ0) is 15.9. The Kier molecular flexibility index (Phi) is 5.42. The largest absolute Gasteiger partial charge is 0.494 e. The molecule has 0 aliphatic heterocycles. The second-order valence-corrected chi connectivity index (χ2v) is 4.97. The Morgan fingerprint density at radius 3 is 2.45 bits per heavy atom. The van der Waals surface area contributed by atoms with Gasteiger partial charge in [-0.15, -0.1) is 0 Å². The summed E-state index contributed by atoms with van der Waals surface area (Å²) in [6.45, 7) is 6.23. The molecule has 116 valence electrons. The third-order valence-electron chi connectivity index (χ3n) is 3.20. The summed E-state index contributed by atoms with van der Waals surface area (Å²) >= 11 is 0. The summed E-state index contributed by atoms with van der Waals surface area (Å²) in [6, 6.07) is 14.9. The average molecular weight is 299 g/mol. The van der Waals surface area contributed by atoms with Crippen LogP contribution in [0.5, 0.6) is 11.5 Å². The van der Waals surface area contributed by atoms with Crippen LogP contribution in [0.3, 0.4) is 0 Å². The van der Waals surface area contributed by atoms with E-state index in [0.29, 0.717) is 12.3 Å². The van der Waals surface area contributed by atoms with Crippen LogP contribution in [0.1, 0.15) is 19.4 Å². The summed E-state index contributed by atoms with van der Waals surface area (Å²) in [7, 11) is 0. The van der Waals surface area contributed by atoms with Crippen LogP contribution >= 0.6 is 0 Å². The van der Waals surface area contributed by atoms with Crippen LogP contribution in [-0.2, 0) is 4.79 Å². The number of carbonyl (C=O) groups excluding carboxylic acids is 1. The minimum absolute atomic E-state index is 0.188. The van der Waals surface area contributed by atoms with Crippen LogP contribution in [0.25, 0.3) is 0 Å². The first-order chi connectivity index (χ1) is 10.6. The van der Waals surface area contributed by atoms with E-state index in [1.54, 1.807) is 6.92 Å². The molecule has 0 spiro atoms. The van der Waals surface area contributed by atoms with Crippen molar-refractivity contribution in [2.75, 3.05) is 11.9 Å². The number of aryl methyl sites for hydroxylation is 1. The van der Waals surface area contributed by atoms with Gasteiger partial charge in [0.1, 0.15) is 11.5 Å². The quantitative estimate of drug-likeness (QED) is 0.882. The Balaban J connectivity index is 1.95. The molecule has 0 fully saturated rings. The lowest BCUT2D eigenvalue weighted by molar-refractivity contribution is -0.122. The number of rotatable bonds is 6. The zero-order valence-corrected chi connectivity index (χ0v) is 13.1. The molecule has 0 unspecified atom stereocenters. The van der Waals surface area contributed by atoms with Gasteiger partial charge in [-0.05, 0) is 56.7 Å². The van der Waals surface area contributed by atoms with Crippen LogP contribution in [-0.4, -0.2) is 18.6 Å². The van der Waals surface area contributed by atoms with Crippen LogP contribution in [0.2, 0.25) is 0 Å². The number of amides is 1. The van der Waals surface area contributed by atoms with E-state index in [9.17, 15) is 4.79 Å². The lowest BCUT2D eigenvalue weighted by Crippen LogP contribution is -2.30. The predicted molar refractivity (Wildman–Crippen MR) is 87.5 cm³/mol. The fourth-order valence-electron chi connectivity index (χ4n) is 1.98. The zero-order valence-electron chi connectivity index (χ0n) is 13.1. The van der Waals surface area contributed by atoms with E-state index in [1.807, 2.05) is 62.4 Å². The standard InChI is InChI=1S/C18H21NO3/c1-4-21-16-11-9-15(10-12-16)19-18(20)14(3)22-17-8-6-5-7-13(17)2/h5-12,14H,4H2,1-3H3,(H,19,20)/t14-/m0/s1. The van der Waals surface area contributed by atoms with Crippen molar-refractivity contribution in [3.8, 4) is 11.5 Å². The Hall–Kier alpha value is -2.49. The maximum Gasteiger partial charge on any atom is 0.265 e. The van der Waals surface area contributed by atoms with Crippen molar-refractivity contribution in [2.24, 2.45) is 0 Å². The second kappa shape index (κ2) is 7.50. The number of hydrogen-bond donors (Lipinski definition) is 1. The Morgan fingerprint density at radius 2 is 1.82 bits per heavy atom. The fraction of sp³-hybridized carbons (Fsp3) is 0.278. The average Bonchev–Trinajstić information content (AvgIpc) is 2.51. The highest BCUT2D eigenvalue weighted by Gasteiger charge is 2.15. The first-order valence-electron chi connectivity index (χ1n) is 7.36. The van der Waals surface area contributed by atoms with Crippen molar-refractivity contribution in [2.45, 2.75) is 26.9 Å². The summed E-state index contributed by atoms with van der Waals surface area (Å²) in [5, 5.41) is 2.83. The van der Waals surface area contributed by atoms with Gasteiger partial charge in [-0.2, -0.15) is 0 Å². The summed E-state index contributed by atoms with van der Waals surface area (Å²) in [4.78, 5) is 12.2. The van der Waals surface area contributed by atoms with E-state index < -0.39 is 6.10 Å². The lowest BCUT2D eigenvalue weighted by Gasteiger charge is -2.16. The highest BCUT2D eigenvalue weighted by molar-refractivity contribution is 5.94. The van der Waals surface area contributed by atoms with Crippen molar-refractivity contribution < 1.29 is 14.3 Å². The molecule has 0 aliphatic rings. The molecule has 0 radical (unpaired) electrons. The summed E-state index contributed by atoms with van der Waals surface area (Å²) in [5.74, 6) is 1.31. The van der Waals surface area contributed by atoms with E-state index in [0.717, 1.165) is 17.1 Å². The predicted octanol–water partition coefficient (Wildman–Crippen LogP) is 3.80. The second-order valence-electron chi connectivity index (χ2n) is 4.97. The van der Waals surface area contributed by atoms with Crippen molar-refractivity contribution in [3.05, 3.63) is 54.1 Å². The first-order valence-corrected chi connectivity index (χ1v) is 7.36. The molecule has 22 heavy (non-hydrogen) atoms. The lowest BCUT2D eigenvalue weighted by atomic mass is 10.2. The number of hydrogen-bond acceptors (Lipinski definition) is 3. The topological polar surface area (TPSA) is 47.6 Å². The minimum atomic E-state index is -0.576. The molecule has 0 saturated heterocycles. The van der Waals surface area contributed by atoms with Gasteiger partial charge < -0.3 is 14.8 Å². The third-order valence-corrected chi connectivity index (χ3v) is 3.20. The fourth-order valence-corrected chi connectivity index (χ4v) is 1.98. The van der Waals surface area contributed by atoms with Gasteiger partial charge in [0, 0.05) is 5.69 Å². The van der Waals surface area contributed by atoms with E-state index in [2.05, 4.69) is 5.32 Å². The van der Waals surface area contributed by atoms with Gasteiger partial charge in [0.15, 0.2) is 6.10 Å². The molecule has 2 rings (SSSR count). The van der Waals surface area contributed by atoms with E-state index in [-0.39, 0.29) is 5.91 Å². The van der Waals surface area contributed by atoms with Gasteiger partial charge >= 0.3 is 0 Å². The van der Waals surface area contributed by atoms with Crippen molar-refractivity contribution in [3.63, 3.8) is 0 Å². The van der Waals surface area contributed by atoms with Gasteiger partial charge in [-0.1, -0.05) is 18.2 Å². The summed E-state index contributed by atoms with van der Waals surface area (Å²) < 4.78 is 11.1. The van der Waals surface area contributed by atoms with Crippen LogP contribution < -0.4 is 14.8 Å². The molecule has 4 nitrogen and oxygen atoms in total. The van der Waals surface area contributed by atoms with Crippen LogP contribution in [0.15, 0.2) is 48.5 Å². The molecule has 1 N–H and O–H groups in total. The van der Waals surface area contributed by atoms with E-state index >= 15 is 0 Å². The minimum Gasteiger partial charge on any atom is -0.494 e. The molecular weight excluding hydrogens is 278 g/mol. The maximum absolute atomic E-state index is 12.2. The number of carbonyl (C=O) groups is 1. The van der Waals surface area contributed by atoms with Gasteiger partial charge in [0.05, 0.1) is 6.61 Å². The maximum atomic E-state index is 12.2. The van der Waals surface area contributed by atoms with Crippen molar-refractivity contribution in [1.82, 2.24) is 0 Å². The Morgan fingerprint density at radius 1 is 1.14 bits per heavy atom. The van der Waals surface area contributed by atoms with E-state index in [1.165, 1.54) is 0 Å². The molecule has 0 bridgehead atoms. The van der Waals surface area contributed by atoms with Crippen molar-refractivity contribution in [1.29, 1.82) is 0 Å². The monoisotopic (exact) mass is 299 g/mol. The molecule has 2 aromatic carbocycles. The smallest absolute Gasteiger partial charge is 0.265 e. The SMILES string of the molecule is CCOc1ccc(NC(=O)[C@H](C)Oc2ccccc2C)cc1. The summed E-state index contributed by atoms with van der Waals surface area (Å²) in [5.41, 5.74) is 1.72. The molecule has 0 heterocycles. The van der Waals surface area contributed by atoms with E-state index in [4.69, 9.17) is 9.47 Å². The number of ether oxygens (including phenoxy) is 2. The number of nitrogens with one attached hydrogen (secondary N) is 1. The Bertz CT molecular complexity index is 622. The van der Waals surface area contributed by atoms with Gasteiger partial charge in [-0.25, -0.2) is 0 Å². The summed E-state index contributed by atoms with van der Waals surface area (Å²) in [6.07, 6.45) is -0.576. The first kappa shape index (κ1) is 15.9. The molecule has 0 aromatic heterocycles. The van der Waals surface area contributed by atoms with Gasteiger partial charge in [0.2, 0.25) is 0 Å². The Labute approximate surface area is 131 Å². The number of para-hydroxylation sites is 1. The van der Waals surface area contributed by atoms with Crippen LogP contribution in [0, 0.1) is 6.92 Å². The van der Waals surface area contributed by atoms with Crippen molar-refractivity contribution >= 4 is 11.6 Å². The molecule has 4 heteroatoms. The molecule has 1 amide bonds. The normalized spacial score (nSPS) is 11.6. The molecule has 0 aliphatic carbocycles. The molecular formula is C18H21NO3. The highest BCUT2D eigenvalue weighted by atomic mass is 16.5. The van der Waals surface area contributed by atoms with Gasteiger partial charge in [-0.3, -0.25) is 4.79 Å². The third kappa shape index (κ3) is 4.25. The molecule has 2 aromatic rings. The van der Waals surface area contributed by atoms with Crippen LogP contribution in [0.4, 0.5) is 5.69 Å². The van der Waals surface area contributed by atoms with Gasteiger partial charge in [0.25, 0.3) is 5.91 Å².